The molecule has 1 heterocycles. The number of hydrogen-bond acceptors (Lipinski definition) is 4. The van der Waals surface area contributed by atoms with Crippen molar-refractivity contribution in [2.24, 2.45) is 0 Å². The molecule has 0 unspecified atom stereocenters. The van der Waals surface area contributed by atoms with E-state index in [1.165, 1.54) is 16.8 Å². The number of halogens is 1. The van der Waals surface area contributed by atoms with E-state index in [-0.39, 0.29) is 23.9 Å². The summed E-state index contributed by atoms with van der Waals surface area (Å²) in [6.07, 6.45) is 2.53. The number of nitriles is 1. The number of carbonyl (C=O) groups excluding carboxylic acids is 1. The SMILES string of the molecule is CCc1cccc(C)c1NC(=O)/C(C#N)=C\N1CCN(c2cccc(C)c2C)CC1.Cl. The number of para-hydroxylation sites is 1. The fourth-order valence-electron chi connectivity index (χ4n) is 3.87. The van der Waals surface area contributed by atoms with Crippen LogP contribution in [0.4, 0.5) is 11.4 Å². The first-order chi connectivity index (χ1) is 14.4. The molecule has 1 fully saturated rings. The summed E-state index contributed by atoms with van der Waals surface area (Å²) in [5.41, 5.74) is 6.89. The largest absolute Gasteiger partial charge is 0.373 e. The van der Waals surface area contributed by atoms with E-state index in [1.54, 1.807) is 6.20 Å². The highest BCUT2D eigenvalue weighted by Crippen LogP contribution is 2.24. The predicted octanol–water partition coefficient (Wildman–Crippen LogP) is 4.76. The van der Waals surface area contributed by atoms with Gasteiger partial charge in [-0.25, -0.2) is 0 Å². The molecule has 0 saturated carbocycles. The summed E-state index contributed by atoms with van der Waals surface area (Å²) in [7, 11) is 0. The molecule has 164 valence electrons. The van der Waals surface area contributed by atoms with Crippen molar-refractivity contribution in [2.45, 2.75) is 34.1 Å². The highest BCUT2D eigenvalue weighted by molar-refractivity contribution is 6.07. The molecule has 3 rings (SSSR count). The molecule has 6 heteroatoms. The van der Waals surface area contributed by atoms with E-state index in [2.05, 4.69) is 60.2 Å². The molecule has 2 aromatic rings. The number of nitrogens with one attached hydrogen (secondary N) is 1. The monoisotopic (exact) mass is 438 g/mol. The molecular formula is C25H31ClN4O. The van der Waals surface area contributed by atoms with Gasteiger partial charge in [0.25, 0.3) is 5.91 Å². The highest BCUT2D eigenvalue weighted by Gasteiger charge is 2.19. The van der Waals surface area contributed by atoms with Crippen molar-refractivity contribution in [3.8, 4) is 6.07 Å². The number of rotatable bonds is 5. The Kier molecular flexibility index (Phi) is 8.53. The Balaban J connectivity index is 0.00000341. The molecule has 2 aromatic carbocycles. The minimum Gasteiger partial charge on any atom is -0.373 e. The Bertz CT molecular complexity index is 1000. The molecule has 0 bridgehead atoms. The van der Waals surface area contributed by atoms with Crippen LogP contribution >= 0.6 is 12.4 Å². The number of hydrogen-bond donors (Lipinski definition) is 1. The fraction of sp³-hybridized carbons (Fsp3) is 0.360. The van der Waals surface area contributed by atoms with E-state index in [0.29, 0.717) is 0 Å². The maximum atomic E-state index is 12.8. The van der Waals surface area contributed by atoms with Crippen molar-refractivity contribution in [1.82, 2.24) is 4.90 Å². The van der Waals surface area contributed by atoms with Crippen LogP contribution in [-0.4, -0.2) is 37.0 Å². The Morgan fingerprint density at radius 2 is 1.71 bits per heavy atom. The molecular weight excluding hydrogens is 408 g/mol. The Hall–Kier alpha value is -2.97. The molecule has 5 nitrogen and oxygen atoms in total. The van der Waals surface area contributed by atoms with E-state index in [9.17, 15) is 10.1 Å². The van der Waals surface area contributed by atoms with E-state index >= 15 is 0 Å². The van der Waals surface area contributed by atoms with Gasteiger partial charge in [0, 0.05) is 43.8 Å². The van der Waals surface area contributed by atoms with Crippen LogP contribution in [0.2, 0.25) is 0 Å². The Morgan fingerprint density at radius 1 is 1.06 bits per heavy atom. The number of amides is 1. The lowest BCUT2D eigenvalue weighted by Crippen LogP contribution is -2.44. The molecule has 1 amide bonds. The predicted molar refractivity (Wildman–Crippen MR) is 130 cm³/mol. The molecule has 1 aliphatic heterocycles. The number of anilines is 2. The third-order valence-corrected chi connectivity index (χ3v) is 5.89. The summed E-state index contributed by atoms with van der Waals surface area (Å²) in [5, 5.41) is 12.5. The molecule has 0 atom stereocenters. The van der Waals surface area contributed by atoms with Crippen LogP contribution in [0.25, 0.3) is 0 Å². The van der Waals surface area contributed by atoms with Crippen molar-refractivity contribution in [2.75, 3.05) is 36.4 Å². The lowest BCUT2D eigenvalue weighted by Gasteiger charge is -2.36. The van der Waals surface area contributed by atoms with E-state index in [4.69, 9.17) is 0 Å². The molecule has 0 radical (unpaired) electrons. The topological polar surface area (TPSA) is 59.4 Å². The smallest absolute Gasteiger partial charge is 0.267 e. The summed E-state index contributed by atoms with van der Waals surface area (Å²) in [6.45, 7) is 11.6. The van der Waals surface area contributed by atoms with Gasteiger partial charge in [-0.2, -0.15) is 5.26 Å². The minimum atomic E-state index is -0.349. The van der Waals surface area contributed by atoms with Gasteiger partial charge < -0.3 is 15.1 Å². The van der Waals surface area contributed by atoms with E-state index < -0.39 is 0 Å². The van der Waals surface area contributed by atoms with Gasteiger partial charge in [-0.3, -0.25) is 4.79 Å². The zero-order valence-corrected chi connectivity index (χ0v) is 19.6. The van der Waals surface area contributed by atoms with Crippen molar-refractivity contribution in [3.05, 3.63) is 70.4 Å². The van der Waals surface area contributed by atoms with E-state index in [0.717, 1.165) is 49.4 Å². The average Bonchev–Trinajstić information content (AvgIpc) is 2.75. The van der Waals surface area contributed by atoms with Crippen LogP contribution in [0.5, 0.6) is 0 Å². The normalized spacial score (nSPS) is 14.0. The highest BCUT2D eigenvalue weighted by atomic mass is 35.5. The number of piperazine rings is 1. The molecule has 1 aliphatic rings. The van der Waals surface area contributed by atoms with Gasteiger partial charge in [-0.05, 0) is 55.5 Å². The lowest BCUT2D eigenvalue weighted by atomic mass is 10.1. The second kappa shape index (κ2) is 10.9. The quantitative estimate of drug-likeness (QED) is 0.539. The zero-order chi connectivity index (χ0) is 21.7. The van der Waals surface area contributed by atoms with Crippen LogP contribution in [0.3, 0.4) is 0 Å². The standard InChI is InChI=1S/C25H30N4O.ClH/c1-5-21-10-6-9-19(3)24(21)27-25(30)22(16-26)17-28-12-14-29(15-13-28)23-11-7-8-18(2)20(23)4;/h6-11,17H,5,12-15H2,1-4H3,(H,27,30);1H/b22-17-;. The van der Waals surface area contributed by atoms with Gasteiger partial charge in [0.15, 0.2) is 0 Å². The summed E-state index contributed by atoms with van der Waals surface area (Å²) >= 11 is 0. The third-order valence-electron chi connectivity index (χ3n) is 5.89. The first-order valence-electron chi connectivity index (χ1n) is 10.5. The van der Waals surface area contributed by atoms with Gasteiger partial charge in [0.2, 0.25) is 0 Å². The number of nitrogens with zero attached hydrogens (tertiary/aromatic N) is 3. The third kappa shape index (κ3) is 5.59. The first kappa shape index (κ1) is 24.3. The molecule has 1 saturated heterocycles. The Labute approximate surface area is 191 Å². The molecule has 31 heavy (non-hydrogen) atoms. The van der Waals surface area contributed by atoms with Crippen molar-refractivity contribution < 1.29 is 4.79 Å². The lowest BCUT2D eigenvalue weighted by molar-refractivity contribution is -0.112. The molecule has 0 aromatic heterocycles. The van der Waals surface area contributed by atoms with Gasteiger partial charge in [0.1, 0.15) is 11.6 Å². The fourth-order valence-corrected chi connectivity index (χ4v) is 3.87. The minimum absolute atomic E-state index is 0. The molecule has 0 spiro atoms. The number of benzene rings is 2. The van der Waals surface area contributed by atoms with Gasteiger partial charge in [0.05, 0.1) is 0 Å². The summed E-state index contributed by atoms with van der Waals surface area (Å²) in [6, 6.07) is 14.4. The van der Waals surface area contributed by atoms with Crippen LogP contribution in [0.15, 0.2) is 48.2 Å². The van der Waals surface area contributed by atoms with Crippen molar-refractivity contribution >= 4 is 29.7 Å². The van der Waals surface area contributed by atoms with Crippen molar-refractivity contribution in [1.29, 1.82) is 5.26 Å². The Morgan fingerprint density at radius 3 is 2.35 bits per heavy atom. The molecule has 0 aliphatic carbocycles. The van der Waals surface area contributed by atoms with Gasteiger partial charge in [-0.15, -0.1) is 12.4 Å². The maximum Gasteiger partial charge on any atom is 0.267 e. The van der Waals surface area contributed by atoms with Crippen LogP contribution < -0.4 is 10.2 Å². The first-order valence-corrected chi connectivity index (χ1v) is 10.5. The second-order valence-electron chi connectivity index (χ2n) is 7.81. The number of carbonyl (C=O) groups is 1. The summed E-state index contributed by atoms with van der Waals surface area (Å²) in [4.78, 5) is 17.2. The second-order valence-corrected chi connectivity index (χ2v) is 7.81. The maximum absolute atomic E-state index is 12.8. The van der Waals surface area contributed by atoms with Crippen LogP contribution in [-0.2, 0) is 11.2 Å². The summed E-state index contributed by atoms with van der Waals surface area (Å²) < 4.78 is 0. The van der Waals surface area contributed by atoms with E-state index in [1.807, 2.05) is 25.1 Å². The van der Waals surface area contributed by atoms with Crippen LogP contribution in [0, 0.1) is 32.1 Å². The summed E-state index contributed by atoms with van der Waals surface area (Å²) in [5.74, 6) is -0.349. The van der Waals surface area contributed by atoms with Gasteiger partial charge >= 0.3 is 0 Å². The van der Waals surface area contributed by atoms with Crippen molar-refractivity contribution in [3.63, 3.8) is 0 Å². The molecule has 1 N–H and O–H groups in total. The van der Waals surface area contributed by atoms with Crippen LogP contribution in [0.1, 0.15) is 29.2 Å². The average molecular weight is 439 g/mol. The zero-order valence-electron chi connectivity index (χ0n) is 18.7. The van der Waals surface area contributed by atoms with Gasteiger partial charge in [-0.1, -0.05) is 37.3 Å². The number of aryl methyl sites for hydroxylation is 3.